The zero-order chi connectivity index (χ0) is 12.2. The Bertz CT molecular complexity index is 430. The fourth-order valence-electron chi connectivity index (χ4n) is 1.04. The first-order valence-electron chi connectivity index (χ1n) is 5.17. The molecule has 4 nitrogen and oxygen atoms in total. The minimum atomic E-state index is -0.508. The van der Waals surface area contributed by atoms with Crippen LogP contribution in [-0.2, 0) is 15.1 Å². The van der Waals surface area contributed by atoms with Gasteiger partial charge in [0.05, 0.1) is 23.9 Å². The van der Waals surface area contributed by atoms with E-state index in [2.05, 4.69) is 16.9 Å². The van der Waals surface area contributed by atoms with E-state index >= 15 is 0 Å². The first kappa shape index (κ1) is 12.3. The highest BCUT2D eigenvalue weighted by Gasteiger charge is 2.13. The minimum Gasteiger partial charge on any atom is -0.456 e. The van der Waals surface area contributed by atoms with Crippen molar-refractivity contribution in [3.8, 4) is 11.8 Å². The summed E-state index contributed by atoms with van der Waals surface area (Å²) in [7, 11) is 0. The SMILES string of the molecule is CCOC(=O)C#Cc1cnn(C(C)(C)C)c1. The fourth-order valence-corrected chi connectivity index (χ4v) is 1.04. The van der Waals surface area contributed by atoms with Crippen molar-refractivity contribution in [2.24, 2.45) is 0 Å². The molecule has 0 radical (unpaired) electrons. The van der Waals surface area contributed by atoms with Crippen LogP contribution >= 0.6 is 0 Å². The maximum absolute atomic E-state index is 11.0. The lowest BCUT2D eigenvalue weighted by atomic mass is 10.1. The Kier molecular flexibility index (Phi) is 3.73. The lowest BCUT2D eigenvalue weighted by Crippen LogP contribution is -2.21. The van der Waals surface area contributed by atoms with Gasteiger partial charge in [-0.3, -0.25) is 4.68 Å². The van der Waals surface area contributed by atoms with Crippen LogP contribution in [0.25, 0.3) is 0 Å². The standard InChI is InChI=1S/C12H16N2O2/c1-5-16-11(15)7-6-10-8-13-14(9-10)12(2,3)4/h8-9H,5H2,1-4H3. The molecule has 1 aromatic heterocycles. The maximum atomic E-state index is 11.0. The van der Waals surface area contributed by atoms with E-state index in [1.165, 1.54) is 0 Å². The largest absolute Gasteiger partial charge is 0.456 e. The van der Waals surface area contributed by atoms with Gasteiger partial charge in [0.2, 0.25) is 0 Å². The molecule has 1 aromatic rings. The topological polar surface area (TPSA) is 44.1 Å². The van der Waals surface area contributed by atoms with Crippen LogP contribution in [0.15, 0.2) is 12.4 Å². The average molecular weight is 220 g/mol. The third-order valence-corrected chi connectivity index (χ3v) is 1.85. The molecule has 0 N–H and O–H groups in total. The van der Waals surface area contributed by atoms with Gasteiger partial charge in [0.25, 0.3) is 0 Å². The smallest absolute Gasteiger partial charge is 0.384 e. The van der Waals surface area contributed by atoms with Crippen LogP contribution in [0.2, 0.25) is 0 Å². The third-order valence-electron chi connectivity index (χ3n) is 1.85. The molecule has 1 rings (SSSR count). The molecule has 1 heterocycles. The van der Waals surface area contributed by atoms with E-state index in [4.69, 9.17) is 4.74 Å². The summed E-state index contributed by atoms with van der Waals surface area (Å²) in [5, 5.41) is 4.17. The summed E-state index contributed by atoms with van der Waals surface area (Å²) in [5.74, 6) is 4.61. The van der Waals surface area contributed by atoms with E-state index in [9.17, 15) is 4.79 Å². The molecular weight excluding hydrogens is 204 g/mol. The molecule has 0 bridgehead atoms. The van der Waals surface area contributed by atoms with Crippen molar-refractivity contribution in [1.29, 1.82) is 0 Å². The van der Waals surface area contributed by atoms with Gasteiger partial charge in [0.1, 0.15) is 0 Å². The molecule has 0 saturated heterocycles. The van der Waals surface area contributed by atoms with Crippen LogP contribution in [0.3, 0.4) is 0 Å². The average Bonchev–Trinajstić information content (AvgIpc) is 2.63. The van der Waals surface area contributed by atoms with Gasteiger partial charge in [-0.15, -0.1) is 0 Å². The van der Waals surface area contributed by atoms with Crippen LogP contribution in [0.5, 0.6) is 0 Å². The van der Waals surface area contributed by atoms with Crippen LogP contribution < -0.4 is 0 Å². The highest BCUT2D eigenvalue weighted by molar-refractivity contribution is 5.89. The Hall–Kier alpha value is -1.76. The number of carbonyl (C=O) groups is 1. The molecule has 0 atom stereocenters. The van der Waals surface area contributed by atoms with Crippen molar-refractivity contribution >= 4 is 5.97 Å². The van der Waals surface area contributed by atoms with E-state index in [1.54, 1.807) is 13.1 Å². The van der Waals surface area contributed by atoms with E-state index in [0.29, 0.717) is 12.2 Å². The fraction of sp³-hybridized carbons (Fsp3) is 0.500. The van der Waals surface area contributed by atoms with Gasteiger partial charge in [-0.25, -0.2) is 4.79 Å². The molecule has 16 heavy (non-hydrogen) atoms. The molecule has 0 spiro atoms. The lowest BCUT2D eigenvalue weighted by molar-refractivity contribution is -0.136. The molecule has 0 unspecified atom stereocenters. The summed E-state index contributed by atoms with van der Waals surface area (Å²) in [4.78, 5) is 11.0. The van der Waals surface area contributed by atoms with Gasteiger partial charge in [0, 0.05) is 12.1 Å². The van der Waals surface area contributed by atoms with Gasteiger partial charge < -0.3 is 4.74 Å². The maximum Gasteiger partial charge on any atom is 0.384 e. The second-order valence-corrected chi connectivity index (χ2v) is 4.31. The molecule has 0 aromatic carbocycles. The van der Waals surface area contributed by atoms with Crippen LogP contribution in [0, 0.1) is 11.8 Å². The number of aromatic nitrogens is 2. The molecule has 0 saturated carbocycles. The van der Waals surface area contributed by atoms with Crippen molar-refractivity contribution in [1.82, 2.24) is 9.78 Å². The third kappa shape index (κ3) is 3.43. The monoisotopic (exact) mass is 220 g/mol. The summed E-state index contributed by atoms with van der Waals surface area (Å²) >= 11 is 0. The zero-order valence-corrected chi connectivity index (χ0v) is 10.1. The number of hydrogen-bond acceptors (Lipinski definition) is 3. The van der Waals surface area contributed by atoms with E-state index in [1.807, 2.05) is 31.6 Å². The molecular formula is C12H16N2O2. The molecule has 0 aliphatic heterocycles. The first-order chi connectivity index (χ1) is 7.43. The molecule has 0 fully saturated rings. The predicted molar refractivity (Wildman–Crippen MR) is 60.7 cm³/mol. The molecule has 0 aliphatic carbocycles. The Morgan fingerprint density at radius 3 is 2.75 bits per heavy atom. The first-order valence-corrected chi connectivity index (χ1v) is 5.17. The second-order valence-electron chi connectivity index (χ2n) is 4.31. The highest BCUT2D eigenvalue weighted by Crippen LogP contribution is 2.12. The van der Waals surface area contributed by atoms with Crippen molar-refractivity contribution in [2.45, 2.75) is 33.2 Å². The summed E-state index contributed by atoms with van der Waals surface area (Å²) < 4.78 is 6.51. The zero-order valence-electron chi connectivity index (χ0n) is 10.1. The Labute approximate surface area is 95.6 Å². The van der Waals surface area contributed by atoms with Gasteiger partial charge >= 0.3 is 5.97 Å². The van der Waals surface area contributed by atoms with Crippen LogP contribution in [0.4, 0.5) is 0 Å². The minimum absolute atomic E-state index is 0.0795. The van der Waals surface area contributed by atoms with Crippen molar-refractivity contribution in [3.05, 3.63) is 18.0 Å². The van der Waals surface area contributed by atoms with Gasteiger partial charge in [-0.05, 0) is 27.7 Å². The van der Waals surface area contributed by atoms with E-state index in [-0.39, 0.29) is 5.54 Å². The second kappa shape index (κ2) is 4.84. The van der Waals surface area contributed by atoms with Crippen LogP contribution in [-0.4, -0.2) is 22.4 Å². The molecule has 4 heteroatoms. The van der Waals surface area contributed by atoms with Gasteiger partial charge in [-0.2, -0.15) is 5.10 Å². The number of rotatable bonds is 1. The molecule has 86 valence electrons. The number of carbonyl (C=O) groups excluding carboxylic acids is 1. The van der Waals surface area contributed by atoms with E-state index < -0.39 is 5.97 Å². The number of ether oxygens (including phenoxy) is 1. The Morgan fingerprint density at radius 1 is 1.56 bits per heavy atom. The lowest BCUT2D eigenvalue weighted by Gasteiger charge is -2.18. The van der Waals surface area contributed by atoms with Crippen molar-refractivity contribution in [3.63, 3.8) is 0 Å². The van der Waals surface area contributed by atoms with Crippen LogP contribution in [0.1, 0.15) is 33.3 Å². The molecule has 0 aliphatic rings. The van der Waals surface area contributed by atoms with Crippen molar-refractivity contribution in [2.75, 3.05) is 6.61 Å². The quantitative estimate of drug-likeness (QED) is 0.533. The highest BCUT2D eigenvalue weighted by atomic mass is 16.5. The summed E-state index contributed by atoms with van der Waals surface area (Å²) in [6, 6.07) is 0. The Balaban J connectivity index is 2.76. The van der Waals surface area contributed by atoms with Crippen molar-refractivity contribution < 1.29 is 9.53 Å². The predicted octanol–water partition coefficient (Wildman–Crippen LogP) is 1.55. The van der Waals surface area contributed by atoms with Gasteiger partial charge in [-0.1, -0.05) is 5.92 Å². The summed E-state index contributed by atoms with van der Waals surface area (Å²) in [6.07, 6.45) is 3.45. The Morgan fingerprint density at radius 2 is 2.25 bits per heavy atom. The molecule has 0 amide bonds. The normalized spacial score (nSPS) is 10.5. The number of hydrogen-bond donors (Lipinski definition) is 0. The summed E-state index contributed by atoms with van der Waals surface area (Å²) in [6.45, 7) is 8.22. The number of esters is 1. The summed E-state index contributed by atoms with van der Waals surface area (Å²) in [5.41, 5.74) is 0.632. The van der Waals surface area contributed by atoms with Gasteiger partial charge in [0.15, 0.2) is 0 Å². The van der Waals surface area contributed by atoms with E-state index in [0.717, 1.165) is 0 Å². The number of nitrogens with zero attached hydrogens (tertiary/aromatic N) is 2.